The third kappa shape index (κ3) is 7.27. The second-order valence-electron chi connectivity index (χ2n) is 17.0. The number of anilines is 3. The van der Waals surface area contributed by atoms with Crippen LogP contribution in [-0.2, 0) is 0 Å². The maximum absolute atomic E-state index is 6.66. The van der Waals surface area contributed by atoms with Gasteiger partial charge in [-0.15, -0.1) is 0 Å². The molecule has 0 saturated carbocycles. The van der Waals surface area contributed by atoms with Crippen LogP contribution in [0.5, 0.6) is 0 Å². The van der Waals surface area contributed by atoms with E-state index in [1.807, 2.05) is 6.07 Å². The molecule has 3 nitrogen and oxygen atoms in total. The monoisotopic (exact) mass is 844 g/mol. The summed E-state index contributed by atoms with van der Waals surface area (Å²) in [4.78, 5) is 7.55. The maximum Gasteiger partial charge on any atom is 0.227 e. The number of oxazole rings is 1. The molecule has 1 aromatic heterocycles. The molecule has 1 heterocycles. The van der Waals surface area contributed by atoms with Crippen molar-refractivity contribution in [1.82, 2.24) is 4.98 Å². The van der Waals surface area contributed by atoms with Crippen LogP contribution in [-0.4, -0.2) is 4.98 Å². The standard InChI is InChI=1S/C63H44N2O/c1-4-15-43(16-5-1)45-27-29-50(30-28-45)63-64-62-57-25-13-12-24-56(57)58(42-61(62)66-63)51-35-40-60(59(41-51)48-19-8-3-9-20-48)65(52-36-31-46(32-37-52)44-17-6-2-7-18-44)53-38-33-49(34-39-53)55-26-14-22-47-21-10-11-23-54(47)55/h1-19,21-42,48H,20H2. The summed E-state index contributed by atoms with van der Waals surface area (Å²) in [6.45, 7) is 0. The molecule has 0 radical (unpaired) electrons. The first kappa shape index (κ1) is 39.1. The van der Waals surface area contributed by atoms with Crippen LogP contribution >= 0.6 is 0 Å². The predicted octanol–water partition coefficient (Wildman–Crippen LogP) is 17.5. The molecule has 0 saturated heterocycles. The third-order valence-electron chi connectivity index (χ3n) is 13.1. The molecule has 0 bridgehead atoms. The van der Waals surface area contributed by atoms with Gasteiger partial charge in [-0.2, -0.15) is 0 Å². The Balaban J connectivity index is 0.990. The van der Waals surface area contributed by atoms with Gasteiger partial charge in [-0.05, 0) is 127 Å². The van der Waals surface area contributed by atoms with Gasteiger partial charge >= 0.3 is 0 Å². The third-order valence-corrected chi connectivity index (χ3v) is 13.1. The first-order valence-electron chi connectivity index (χ1n) is 22.7. The minimum Gasteiger partial charge on any atom is -0.436 e. The molecule has 0 spiro atoms. The van der Waals surface area contributed by atoms with Crippen molar-refractivity contribution >= 4 is 49.7 Å². The smallest absolute Gasteiger partial charge is 0.227 e. The van der Waals surface area contributed by atoms with E-state index in [1.165, 1.54) is 44.2 Å². The first-order chi connectivity index (χ1) is 32.7. The van der Waals surface area contributed by atoms with Crippen LogP contribution in [0.15, 0.2) is 253 Å². The Kier molecular flexibility index (Phi) is 10.00. The lowest BCUT2D eigenvalue weighted by atomic mass is 9.87. The van der Waals surface area contributed by atoms with Crippen LogP contribution in [0.25, 0.3) is 88.6 Å². The summed E-state index contributed by atoms with van der Waals surface area (Å²) >= 11 is 0. The van der Waals surface area contributed by atoms with Crippen LogP contribution < -0.4 is 4.90 Å². The van der Waals surface area contributed by atoms with Crippen LogP contribution in [0.4, 0.5) is 17.1 Å². The fourth-order valence-electron chi connectivity index (χ4n) is 9.72. The van der Waals surface area contributed by atoms with E-state index in [0.29, 0.717) is 5.89 Å². The Morgan fingerprint density at radius 2 is 0.985 bits per heavy atom. The summed E-state index contributed by atoms with van der Waals surface area (Å²) in [6, 6.07) is 80.6. The van der Waals surface area contributed by atoms with E-state index >= 15 is 0 Å². The fourth-order valence-corrected chi connectivity index (χ4v) is 9.72. The molecule has 1 atom stereocenters. The first-order valence-corrected chi connectivity index (χ1v) is 22.7. The molecule has 12 rings (SSSR count). The molecule has 66 heavy (non-hydrogen) atoms. The van der Waals surface area contributed by atoms with Crippen LogP contribution in [0.2, 0.25) is 0 Å². The van der Waals surface area contributed by atoms with Crippen molar-refractivity contribution in [2.75, 3.05) is 4.90 Å². The number of nitrogens with zero attached hydrogens (tertiary/aromatic N) is 2. The summed E-state index contributed by atoms with van der Waals surface area (Å²) in [5, 5.41) is 4.70. The number of fused-ring (bicyclic) bond motifs is 4. The largest absolute Gasteiger partial charge is 0.436 e. The number of benzene rings is 10. The van der Waals surface area contributed by atoms with E-state index in [-0.39, 0.29) is 5.92 Å². The molecule has 0 amide bonds. The summed E-state index contributed by atoms with van der Waals surface area (Å²) in [5.74, 6) is 0.777. The number of allylic oxidation sites excluding steroid dienone is 4. The highest BCUT2D eigenvalue weighted by atomic mass is 16.3. The summed E-state index contributed by atoms with van der Waals surface area (Å²) < 4.78 is 6.66. The van der Waals surface area contributed by atoms with Gasteiger partial charge in [0.2, 0.25) is 5.89 Å². The van der Waals surface area contributed by atoms with Gasteiger partial charge in [0.05, 0.1) is 0 Å². The molecule has 11 aromatic rings. The quantitative estimate of drug-likeness (QED) is 0.145. The van der Waals surface area contributed by atoms with E-state index < -0.39 is 0 Å². The van der Waals surface area contributed by atoms with Crippen molar-refractivity contribution in [3.05, 3.63) is 254 Å². The molecule has 1 aliphatic carbocycles. The minimum absolute atomic E-state index is 0.164. The van der Waals surface area contributed by atoms with Gasteiger partial charge in [-0.1, -0.05) is 194 Å². The van der Waals surface area contributed by atoms with Crippen molar-refractivity contribution in [3.8, 4) is 56.0 Å². The van der Waals surface area contributed by atoms with Crippen molar-refractivity contribution in [2.24, 2.45) is 0 Å². The number of rotatable bonds is 9. The topological polar surface area (TPSA) is 29.3 Å². The zero-order valence-corrected chi connectivity index (χ0v) is 36.3. The van der Waals surface area contributed by atoms with E-state index in [2.05, 4.69) is 248 Å². The van der Waals surface area contributed by atoms with E-state index in [4.69, 9.17) is 9.40 Å². The second kappa shape index (κ2) is 16.9. The summed E-state index contributed by atoms with van der Waals surface area (Å²) in [6.07, 6.45) is 9.87. The molecule has 10 aromatic carbocycles. The van der Waals surface area contributed by atoms with Gasteiger partial charge in [0.1, 0.15) is 5.52 Å². The zero-order chi connectivity index (χ0) is 43.8. The molecule has 1 unspecified atom stereocenters. The van der Waals surface area contributed by atoms with Gasteiger partial charge in [-0.25, -0.2) is 4.98 Å². The molecule has 1 aliphatic rings. The Morgan fingerprint density at radius 1 is 0.424 bits per heavy atom. The maximum atomic E-state index is 6.66. The zero-order valence-electron chi connectivity index (χ0n) is 36.3. The van der Waals surface area contributed by atoms with Crippen molar-refractivity contribution in [2.45, 2.75) is 12.3 Å². The van der Waals surface area contributed by atoms with Crippen molar-refractivity contribution < 1.29 is 4.42 Å². The molecule has 0 fully saturated rings. The predicted molar refractivity (Wildman–Crippen MR) is 277 cm³/mol. The lowest BCUT2D eigenvalue weighted by Gasteiger charge is -2.30. The molecular formula is C63H44N2O. The van der Waals surface area contributed by atoms with E-state index in [1.54, 1.807) is 0 Å². The van der Waals surface area contributed by atoms with E-state index in [9.17, 15) is 0 Å². The molecule has 3 heteroatoms. The van der Waals surface area contributed by atoms with Gasteiger partial charge in [0.15, 0.2) is 5.58 Å². The van der Waals surface area contributed by atoms with Gasteiger partial charge < -0.3 is 9.32 Å². The van der Waals surface area contributed by atoms with Gasteiger partial charge in [0.25, 0.3) is 0 Å². The Labute approximate surface area is 384 Å². The van der Waals surface area contributed by atoms with Crippen molar-refractivity contribution in [1.29, 1.82) is 0 Å². The summed E-state index contributed by atoms with van der Waals surface area (Å²) in [7, 11) is 0. The van der Waals surface area contributed by atoms with Crippen molar-refractivity contribution in [3.63, 3.8) is 0 Å². The Bertz CT molecular complexity index is 3580. The highest BCUT2D eigenvalue weighted by molar-refractivity contribution is 6.11. The normalized spacial score (nSPS) is 13.4. The van der Waals surface area contributed by atoms with Crippen LogP contribution in [0.1, 0.15) is 17.9 Å². The molecule has 312 valence electrons. The minimum atomic E-state index is 0.164. The van der Waals surface area contributed by atoms with Crippen LogP contribution in [0.3, 0.4) is 0 Å². The van der Waals surface area contributed by atoms with E-state index in [0.717, 1.165) is 67.6 Å². The number of hydrogen-bond acceptors (Lipinski definition) is 3. The van der Waals surface area contributed by atoms with Gasteiger partial charge in [-0.3, -0.25) is 0 Å². The fraction of sp³-hybridized carbons (Fsp3) is 0.0317. The average Bonchev–Trinajstić information content (AvgIpc) is 3.85. The molecule has 0 N–H and O–H groups in total. The highest BCUT2D eigenvalue weighted by Gasteiger charge is 2.23. The summed E-state index contributed by atoms with van der Waals surface area (Å²) in [5.41, 5.74) is 16.5. The average molecular weight is 845 g/mol. The SMILES string of the molecule is C1=CCC(c2cc(-c3cc4oc(-c5ccc(-c6ccccc6)cc5)nc4c4ccccc34)ccc2N(c2ccc(-c3ccccc3)cc2)c2ccc(-c3cccc4ccccc34)cc2)C=C1. The Hall–Kier alpha value is -8.53. The Morgan fingerprint density at radius 3 is 1.67 bits per heavy atom. The highest BCUT2D eigenvalue weighted by Crippen LogP contribution is 2.45. The number of hydrogen-bond donors (Lipinski definition) is 0. The lowest BCUT2D eigenvalue weighted by molar-refractivity contribution is 0.620. The number of aromatic nitrogens is 1. The van der Waals surface area contributed by atoms with Crippen LogP contribution in [0, 0.1) is 0 Å². The lowest BCUT2D eigenvalue weighted by Crippen LogP contribution is -2.14. The second-order valence-corrected chi connectivity index (χ2v) is 17.0. The molecule has 0 aliphatic heterocycles. The molecular weight excluding hydrogens is 801 g/mol. The van der Waals surface area contributed by atoms with Gasteiger partial charge in [0, 0.05) is 33.9 Å².